The van der Waals surface area contributed by atoms with Gasteiger partial charge in [-0.2, -0.15) is 5.10 Å². The number of aromatic amines is 1. The van der Waals surface area contributed by atoms with Crippen LogP contribution in [-0.2, 0) is 6.61 Å². The summed E-state index contributed by atoms with van der Waals surface area (Å²) < 4.78 is 16.6. The van der Waals surface area contributed by atoms with Gasteiger partial charge in [0.05, 0.1) is 11.9 Å². The SMILES string of the molecule is c1cc(-c2ccc(Oc3ccc(OCc4cnco4)cc3)cc2)[nH]n1. The van der Waals surface area contributed by atoms with Crippen LogP contribution in [0.3, 0.4) is 0 Å². The van der Waals surface area contributed by atoms with Crippen LogP contribution in [-0.4, -0.2) is 15.2 Å². The normalized spacial score (nSPS) is 10.6. The van der Waals surface area contributed by atoms with Crippen molar-refractivity contribution in [3.8, 4) is 28.5 Å². The van der Waals surface area contributed by atoms with E-state index in [4.69, 9.17) is 13.9 Å². The van der Waals surface area contributed by atoms with E-state index >= 15 is 0 Å². The maximum atomic E-state index is 5.85. The fourth-order valence-corrected chi connectivity index (χ4v) is 2.33. The van der Waals surface area contributed by atoms with Gasteiger partial charge in [-0.15, -0.1) is 0 Å². The highest BCUT2D eigenvalue weighted by molar-refractivity contribution is 5.59. The van der Waals surface area contributed by atoms with Crippen molar-refractivity contribution < 1.29 is 13.9 Å². The van der Waals surface area contributed by atoms with Crippen LogP contribution in [0.5, 0.6) is 17.2 Å². The minimum Gasteiger partial charge on any atom is -0.486 e. The van der Waals surface area contributed by atoms with Crippen molar-refractivity contribution in [1.82, 2.24) is 15.2 Å². The molecule has 6 nitrogen and oxygen atoms in total. The molecule has 2 aromatic carbocycles. The van der Waals surface area contributed by atoms with Crippen LogP contribution in [0.1, 0.15) is 5.76 Å². The Morgan fingerprint density at radius 2 is 1.60 bits per heavy atom. The molecule has 25 heavy (non-hydrogen) atoms. The van der Waals surface area contributed by atoms with Gasteiger partial charge in [0.15, 0.2) is 12.2 Å². The number of H-pyrrole nitrogens is 1. The van der Waals surface area contributed by atoms with Gasteiger partial charge in [-0.05, 0) is 60.2 Å². The van der Waals surface area contributed by atoms with Crippen molar-refractivity contribution in [2.45, 2.75) is 6.61 Å². The van der Waals surface area contributed by atoms with E-state index in [9.17, 15) is 0 Å². The topological polar surface area (TPSA) is 73.2 Å². The minimum atomic E-state index is 0.343. The van der Waals surface area contributed by atoms with E-state index in [1.165, 1.54) is 6.39 Å². The lowest BCUT2D eigenvalue weighted by molar-refractivity contribution is 0.270. The van der Waals surface area contributed by atoms with Gasteiger partial charge in [0, 0.05) is 6.20 Å². The van der Waals surface area contributed by atoms with Crippen molar-refractivity contribution in [3.05, 3.63) is 79.1 Å². The Kier molecular flexibility index (Phi) is 4.16. The second-order valence-corrected chi connectivity index (χ2v) is 5.32. The third-order valence-corrected chi connectivity index (χ3v) is 3.59. The van der Waals surface area contributed by atoms with E-state index in [-0.39, 0.29) is 0 Å². The van der Waals surface area contributed by atoms with Gasteiger partial charge in [-0.25, -0.2) is 4.98 Å². The number of ether oxygens (including phenoxy) is 2. The van der Waals surface area contributed by atoms with Crippen LogP contribution in [0.2, 0.25) is 0 Å². The number of nitrogens with one attached hydrogen (secondary N) is 1. The third-order valence-electron chi connectivity index (χ3n) is 3.59. The molecule has 0 radical (unpaired) electrons. The summed E-state index contributed by atoms with van der Waals surface area (Å²) in [6.45, 7) is 0.343. The Hall–Kier alpha value is -3.54. The Morgan fingerprint density at radius 1 is 0.880 bits per heavy atom. The van der Waals surface area contributed by atoms with Crippen LogP contribution in [0.4, 0.5) is 0 Å². The Balaban J connectivity index is 1.37. The lowest BCUT2D eigenvalue weighted by Crippen LogP contribution is -1.93. The molecule has 0 bridgehead atoms. The predicted octanol–water partition coefficient (Wildman–Crippen LogP) is 4.44. The Bertz CT molecular complexity index is 900. The highest BCUT2D eigenvalue weighted by Gasteiger charge is 2.03. The first-order valence-electron chi connectivity index (χ1n) is 7.75. The van der Waals surface area contributed by atoms with Gasteiger partial charge in [0.1, 0.15) is 23.9 Å². The second-order valence-electron chi connectivity index (χ2n) is 5.32. The van der Waals surface area contributed by atoms with Crippen molar-refractivity contribution in [2.24, 2.45) is 0 Å². The average Bonchev–Trinajstić information content (AvgIpc) is 3.36. The molecule has 0 aliphatic carbocycles. The van der Waals surface area contributed by atoms with E-state index in [1.807, 2.05) is 54.6 Å². The highest BCUT2D eigenvalue weighted by Crippen LogP contribution is 2.26. The van der Waals surface area contributed by atoms with Crippen LogP contribution in [0, 0.1) is 0 Å². The lowest BCUT2D eigenvalue weighted by Gasteiger charge is -2.08. The minimum absolute atomic E-state index is 0.343. The fraction of sp³-hybridized carbons (Fsp3) is 0.0526. The predicted molar refractivity (Wildman–Crippen MR) is 91.4 cm³/mol. The zero-order valence-electron chi connectivity index (χ0n) is 13.3. The molecule has 0 amide bonds. The number of hydrogen-bond donors (Lipinski definition) is 1. The van der Waals surface area contributed by atoms with E-state index in [1.54, 1.807) is 12.4 Å². The third kappa shape index (κ3) is 3.69. The summed E-state index contributed by atoms with van der Waals surface area (Å²) in [6.07, 6.45) is 4.74. The summed E-state index contributed by atoms with van der Waals surface area (Å²) in [4.78, 5) is 3.85. The number of aromatic nitrogens is 3. The van der Waals surface area contributed by atoms with Crippen LogP contribution < -0.4 is 9.47 Å². The monoisotopic (exact) mass is 333 g/mol. The first kappa shape index (κ1) is 15.0. The maximum absolute atomic E-state index is 5.85. The quantitative estimate of drug-likeness (QED) is 0.565. The average molecular weight is 333 g/mol. The summed E-state index contributed by atoms with van der Waals surface area (Å²) in [5.74, 6) is 2.91. The summed E-state index contributed by atoms with van der Waals surface area (Å²) in [5, 5.41) is 6.89. The van der Waals surface area contributed by atoms with Crippen molar-refractivity contribution in [3.63, 3.8) is 0 Å². The van der Waals surface area contributed by atoms with E-state index < -0.39 is 0 Å². The van der Waals surface area contributed by atoms with Gasteiger partial charge in [0.25, 0.3) is 0 Å². The standard InChI is InChI=1S/C19H15N3O3/c1-3-16(4-2-14(1)19-9-10-21-22-19)25-17-7-5-15(6-8-17)23-12-18-11-20-13-24-18/h1-11,13H,12H2,(H,21,22). The molecule has 0 saturated heterocycles. The molecule has 0 atom stereocenters. The van der Waals surface area contributed by atoms with Gasteiger partial charge in [-0.3, -0.25) is 5.10 Å². The van der Waals surface area contributed by atoms with Gasteiger partial charge < -0.3 is 13.9 Å². The zero-order valence-corrected chi connectivity index (χ0v) is 13.3. The molecule has 0 aliphatic rings. The summed E-state index contributed by atoms with van der Waals surface area (Å²) >= 11 is 0. The molecule has 0 unspecified atom stereocenters. The molecular weight excluding hydrogens is 318 g/mol. The first-order valence-corrected chi connectivity index (χ1v) is 7.75. The molecule has 1 N–H and O–H groups in total. The van der Waals surface area contributed by atoms with Crippen molar-refractivity contribution in [1.29, 1.82) is 0 Å². The molecule has 0 spiro atoms. The molecule has 0 aliphatic heterocycles. The Morgan fingerprint density at radius 3 is 2.24 bits per heavy atom. The fourth-order valence-electron chi connectivity index (χ4n) is 2.33. The van der Waals surface area contributed by atoms with E-state index in [2.05, 4.69) is 15.2 Å². The summed E-state index contributed by atoms with van der Waals surface area (Å²) in [7, 11) is 0. The largest absolute Gasteiger partial charge is 0.486 e. The zero-order chi connectivity index (χ0) is 16.9. The van der Waals surface area contributed by atoms with Gasteiger partial charge in [0.2, 0.25) is 0 Å². The molecule has 2 heterocycles. The van der Waals surface area contributed by atoms with Crippen LogP contribution >= 0.6 is 0 Å². The number of oxazole rings is 1. The highest BCUT2D eigenvalue weighted by atomic mass is 16.5. The van der Waals surface area contributed by atoms with Crippen LogP contribution in [0.25, 0.3) is 11.3 Å². The van der Waals surface area contributed by atoms with Crippen LogP contribution in [0.15, 0.2) is 77.8 Å². The number of rotatable bonds is 6. The molecular formula is C19H15N3O3. The molecule has 0 fully saturated rings. The Labute approximate surface area is 144 Å². The number of nitrogens with zero attached hydrogens (tertiary/aromatic N) is 2. The summed E-state index contributed by atoms with van der Waals surface area (Å²) in [5.41, 5.74) is 2.03. The number of benzene rings is 2. The van der Waals surface area contributed by atoms with Gasteiger partial charge >= 0.3 is 0 Å². The first-order chi connectivity index (χ1) is 12.4. The lowest BCUT2D eigenvalue weighted by atomic mass is 10.1. The summed E-state index contributed by atoms with van der Waals surface area (Å²) in [6, 6.07) is 17.2. The maximum Gasteiger partial charge on any atom is 0.181 e. The van der Waals surface area contributed by atoms with Gasteiger partial charge in [-0.1, -0.05) is 0 Å². The smallest absolute Gasteiger partial charge is 0.181 e. The van der Waals surface area contributed by atoms with Crippen molar-refractivity contribution in [2.75, 3.05) is 0 Å². The molecule has 0 saturated carbocycles. The van der Waals surface area contributed by atoms with E-state index in [0.717, 1.165) is 28.5 Å². The van der Waals surface area contributed by atoms with Crippen molar-refractivity contribution >= 4 is 0 Å². The van der Waals surface area contributed by atoms with E-state index in [0.29, 0.717) is 12.4 Å². The molecule has 4 rings (SSSR count). The second kappa shape index (κ2) is 6.92. The molecule has 6 heteroatoms. The number of hydrogen-bond acceptors (Lipinski definition) is 5. The molecule has 124 valence electrons. The molecule has 4 aromatic rings. The molecule has 2 aromatic heterocycles.